The maximum absolute atomic E-state index is 13.6. The number of piperidine rings is 1. The van der Waals surface area contributed by atoms with Crippen LogP contribution < -0.4 is 0 Å². The number of nitrogens with zero attached hydrogens (tertiary/aromatic N) is 1. The average molecular weight is 462 g/mol. The number of fused-ring (bicyclic) bond motifs is 2. The number of carboxylic acid groups (broad SMARTS) is 1. The highest BCUT2D eigenvalue weighted by Crippen LogP contribution is 2.48. The minimum absolute atomic E-state index is 0.0687. The zero-order valence-corrected chi connectivity index (χ0v) is 18.6. The molecule has 7 heteroatoms. The number of carbonyl (C=O) groups is 2. The smallest absolute Gasteiger partial charge is 0.416 e. The summed E-state index contributed by atoms with van der Waals surface area (Å²) in [4.78, 5) is 25.0. The van der Waals surface area contributed by atoms with Gasteiger partial charge in [-0.25, -0.2) is 0 Å². The summed E-state index contributed by atoms with van der Waals surface area (Å²) >= 11 is 0. The summed E-state index contributed by atoms with van der Waals surface area (Å²) in [7, 11) is 0. The number of carbonyl (C=O) groups excluding carboxylic acids is 1. The lowest BCUT2D eigenvalue weighted by Crippen LogP contribution is -2.39. The van der Waals surface area contributed by atoms with E-state index in [2.05, 4.69) is 4.90 Å². The molecule has 1 fully saturated rings. The molecular formula is C26H30F3NO3. The number of halogens is 3. The molecule has 4 aliphatic rings. The van der Waals surface area contributed by atoms with Crippen molar-refractivity contribution in [2.75, 3.05) is 19.6 Å². The van der Waals surface area contributed by atoms with E-state index < -0.39 is 17.7 Å². The number of rotatable bonds is 6. The van der Waals surface area contributed by atoms with Crippen LogP contribution in [0.15, 0.2) is 59.3 Å². The quantitative estimate of drug-likeness (QED) is 0.549. The Morgan fingerprint density at radius 1 is 1.09 bits per heavy atom. The first-order valence-corrected chi connectivity index (χ1v) is 11.8. The van der Waals surface area contributed by atoms with E-state index in [1.54, 1.807) is 12.2 Å². The predicted octanol–water partition coefficient (Wildman–Crippen LogP) is 5.26. The summed E-state index contributed by atoms with van der Waals surface area (Å²) in [6.07, 6.45) is 11.0. The number of ketones is 1. The van der Waals surface area contributed by atoms with Crippen LogP contribution in [0.3, 0.4) is 0 Å². The van der Waals surface area contributed by atoms with Crippen LogP contribution in [-0.4, -0.2) is 47.6 Å². The van der Waals surface area contributed by atoms with E-state index in [0.717, 1.165) is 50.0 Å². The molecule has 3 aliphatic carbocycles. The summed E-state index contributed by atoms with van der Waals surface area (Å²) in [6.45, 7) is 2.56. The van der Waals surface area contributed by atoms with Crippen molar-refractivity contribution in [1.29, 1.82) is 0 Å². The Kier molecular flexibility index (Phi) is 7.07. The van der Waals surface area contributed by atoms with Crippen molar-refractivity contribution in [1.82, 2.24) is 4.90 Å². The number of allylic oxidation sites excluding steroid dienone is 10. The second-order valence-electron chi connectivity index (χ2n) is 9.49. The molecule has 0 radical (unpaired) electrons. The standard InChI is InChI=1S/C26H30F3NO3/c27-26(28,29)20-7-6-17-4-5-19-15-21(31)8-9-22(19)25(23(17)16-20)18-10-13-30(14-11-18)12-2-1-3-24(32)33/h4-5,7-9,15-18,22,25H,1-3,6,10-14H2,(H,32,33). The van der Waals surface area contributed by atoms with Crippen LogP contribution >= 0.6 is 0 Å². The maximum atomic E-state index is 13.6. The Morgan fingerprint density at radius 2 is 1.85 bits per heavy atom. The van der Waals surface area contributed by atoms with Gasteiger partial charge in [0.15, 0.2) is 5.78 Å². The van der Waals surface area contributed by atoms with Gasteiger partial charge in [0.2, 0.25) is 0 Å². The zero-order chi connectivity index (χ0) is 23.6. The van der Waals surface area contributed by atoms with Gasteiger partial charge >= 0.3 is 12.1 Å². The van der Waals surface area contributed by atoms with Crippen LogP contribution in [-0.2, 0) is 9.59 Å². The second kappa shape index (κ2) is 9.84. The Bertz CT molecular complexity index is 933. The van der Waals surface area contributed by atoms with E-state index in [4.69, 9.17) is 5.11 Å². The lowest BCUT2D eigenvalue weighted by atomic mass is 9.66. The van der Waals surface area contributed by atoms with Gasteiger partial charge in [0.1, 0.15) is 0 Å². The van der Waals surface area contributed by atoms with Gasteiger partial charge in [-0.2, -0.15) is 13.2 Å². The molecule has 1 aliphatic heterocycles. The van der Waals surface area contributed by atoms with Crippen LogP contribution in [0.4, 0.5) is 13.2 Å². The molecule has 1 saturated heterocycles. The Balaban J connectivity index is 1.54. The molecule has 0 aromatic rings. The fourth-order valence-corrected chi connectivity index (χ4v) is 5.72. The van der Waals surface area contributed by atoms with Gasteiger partial charge in [-0.15, -0.1) is 0 Å². The highest BCUT2D eigenvalue weighted by atomic mass is 19.4. The third kappa shape index (κ3) is 5.57. The second-order valence-corrected chi connectivity index (χ2v) is 9.49. The first-order valence-electron chi connectivity index (χ1n) is 11.8. The summed E-state index contributed by atoms with van der Waals surface area (Å²) < 4.78 is 40.7. The van der Waals surface area contributed by atoms with Crippen molar-refractivity contribution < 1.29 is 27.9 Å². The molecule has 33 heavy (non-hydrogen) atoms. The Morgan fingerprint density at radius 3 is 2.55 bits per heavy atom. The number of hydrogen-bond acceptors (Lipinski definition) is 3. The predicted molar refractivity (Wildman–Crippen MR) is 119 cm³/mol. The van der Waals surface area contributed by atoms with E-state index in [1.165, 1.54) is 12.2 Å². The highest BCUT2D eigenvalue weighted by molar-refractivity contribution is 6.01. The van der Waals surface area contributed by atoms with Crippen molar-refractivity contribution in [2.24, 2.45) is 23.7 Å². The van der Waals surface area contributed by atoms with E-state index in [-0.39, 0.29) is 35.9 Å². The Labute approximate surface area is 192 Å². The van der Waals surface area contributed by atoms with Crippen molar-refractivity contribution in [3.05, 3.63) is 59.3 Å². The van der Waals surface area contributed by atoms with E-state index in [9.17, 15) is 22.8 Å². The minimum atomic E-state index is -4.37. The van der Waals surface area contributed by atoms with E-state index >= 15 is 0 Å². The summed E-state index contributed by atoms with van der Waals surface area (Å²) in [5.41, 5.74) is 1.17. The topological polar surface area (TPSA) is 57.6 Å². The first-order chi connectivity index (χ1) is 15.7. The van der Waals surface area contributed by atoms with Gasteiger partial charge in [-0.3, -0.25) is 9.59 Å². The molecule has 0 aromatic heterocycles. The number of unbranched alkanes of at least 4 members (excludes halogenated alkanes) is 1. The van der Waals surface area contributed by atoms with Crippen molar-refractivity contribution in [2.45, 2.75) is 44.7 Å². The fourth-order valence-electron chi connectivity index (χ4n) is 5.72. The van der Waals surface area contributed by atoms with Gasteiger partial charge < -0.3 is 10.0 Å². The van der Waals surface area contributed by atoms with Gasteiger partial charge in [-0.1, -0.05) is 36.0 Å². The van der Waals surface area contributed by atoms with Crippen molar-refractivity contribution in [3.8, 4) is 0 Å². The third-order valence-corrected chi connectivity index (χ3v) is 7.38. The summed E-state index contributed by atoms with van der Waals surface area (Å²) in [5, 5.41) is 8.80. The van der Waals surface area contributed by atoms with Crippen LogP contribution in [0.2, 0.25) is 0 Å². The fraction of sp³-hybridized carbons (Fsp3) is 0.538. The van der Waals surface area contributed by atoms with Crippen molar-refractivity contribution in [3.63, 3.8) is 0 Å². The van der Waals surface area contributed by atoms with Crippen LogP contribution in [0.5, 0.6) is 0 Å². The molecule has 3 atom stereocenters. The molecule has 3 unspecified atom stereocenters. The first kappa shape index (κ1) is 23.7. The molecule has 0 aromatic carbocycles. The largest absolute Gasteiger partial charge is 0.481 e. The molecular weight excluding hydrogens is 431 g/mol. The van der Waals surface area contributed by atoms with E-state index in [0.29, 0.717) is 12.8 Å². The van der Waals surface area contributed by atoms with Crippen LogP contribution in [0.1, 0.15) is 38.5 Å². The zero-order valence-electron chi connectivity index (χ0n) is 18.6. The normalized spacial score (nSPS) is 28.4. The number of hydrogen-bond donors (Lipinski definition) is 1. The molecule has 0 spiro atoms. The molecule has 0 amide bonds. The Hall–Kier alpha value is -2.41. The lowest BCUT2D eigenvalue weighted by molar-refractivity contribution is -0.137. The molecule has 178 valence electrons. The highest BCUT2D eigenvalue weighted by Gasteiger charge is 2.42. The number of likely N-dealkylation sites (tertiary alicyclic amines) is 1. The monoisotopic (exact) mass is 461 g/mol. The minimum Gasteiger partial charge on any atom is -0.481 e. The van der Waals surface area contributed by atoms with Crippen LogP contribution in [0.25, 0.3) is 0 Å². The maximum Gasteiger partial charge on any atom is 0.416 e. The number of carboxylic acids is 1. The van der Waals surface area contributed by atoms with Crippen molar-refractivity contribution >= 4 is 11.8 Å². The van der Waals surface area contributed by atoms with Gasteiger partial charge in [-0.05, 0) is 81.3 Å². The SMILES string of the molecule is O=C1C=CC2C(=C1)C=CC1CC=C(C(F)(F)F)C=C1C2C1CCN(CCCCC(=O)O)CC1. The molecule has 4 nitrogen and oxygen atoms in total. The molecule has 1 N–H and O–H groups in total. The molecule has 0 bridgehead atoms. The molecule has 1 heterocycles. The van der Waals surface area contributed by atoms with Gasteiger partial charge in [0.25, 0.3) is 0 Å². The van der Waals surface area contributed by atoms with Crippen LogP contribution in [0, 0.1) is 23.7 Å². The summed E-state index contributed by atoms with van der Waals surface area (Å²) in [5.74, 6) is -0.858. The van der Waals surface area contributed by atoms with Gasteiger partial charge in [0, 0.05) is 18.3 Å². The molecule has 4 rings (SSSR count). The lowest BCUT2D eigenvalue weighted by Gasteiger charge is -2.42. The number of aliphatic carboxylic acids is 1. The summed E-state index contributed by atoms with van der Waals surface area (Å²) in [6, 6.07) is 0. The van der Waals surface area contributed by atoms with E-state index in [1.807, 2.05) is 18.2 Å². The average Bonchev–Trinajstić information content (AvgIpc) is 2.92. The number of alkyl halides is 3. The third-order valence-electron chi connectivity index (χ3n) is 7.38. The molecule has 0 saturated carbocycles. The van der Waals surface area contributed by atoms with Gasteiger partial charge in [0.05, 0.1) is 5.57 Å².